The third kappa shape index (κ3) is 15.7. The maximum absolute atomic E-state index is 9.71. The minimum Gasteiger partial charge on any atom is -0.496 e. The van der Waals surface area contributed by atoms with Gasteiger partial charge in [0.05, 0.1) is 66.6 Å². The molecular formula is C65H73N15O4. The minimum atomic E-state index is -0.124. The van der Waals surface area contributed by atoms with E-state index in [0.29, 0.717) is 58.7 Å². The van der Waals surface area contributed by atoms with E-state index in [1.807, 2.05) is 88.4 Å². The summed E-state index contributed by atoms with van der Waals surface area (Å²) in [6.07, 6.45) is 3.09. The van der Waals surface area contributed by atoms with Gasteiger partial charge in [0, 0.05) is 79.3 Å². The Morgan fingerprint density at radius 3 is 1.33 bits per heavy atom. The lowest BCUT2D eigenvalue weighted by atomic mass is 10.00. The van der Waals surface area contributed by atoms with Gasteiger partial charge in [0.25, 0.3) is 0 Å². The average Bonchev–Trinajstić information content (AvgIpc) is 3.57. The lowest BCUT2D eigenvalue weighted by molar-refractivity contribution is 0.273. The van der Waals surface area contributed by atoms with Gasteiger partial charge in [0.15, 0.2) is 0 Å². The Bertz CT molecular complexity index is 3750. The van der Waals surface area contributed by atoms with E-state index in [1.54, 1.807) is 35.4 Å². The van der Waals surface area contributed by atoms with E-state index in [0.717, 1.165) is 104 Å². The predicted molar refractivity (Wildman–Crippen MR) is 335 cm³/mol. The number of nitrogens with zero attached hydrogens (tertiary/aromatic N) is 11. The number of benzene rings is 6. The highest BCUT2D eigenvalue weighted by Gasteiger charge is 2.15. The van der Waals surface area contributed by atoms with Crippen LogP contribution in [0.2, 0.25) is 0 Å². The second-order valence-corrected chi connectivity index (χ2v) is 19.9. The van der Waals surface area contributed by atoms with E-state index in [4.69, 9.17) is 19.4 Å². The quantitative estimate of drug-likeness (QED) is 0.0492. The van der Waals surface area contributed by atoms with Gasteiger partial charge in [-0.05, 0) is 95.8 Å². The number of nitrogens with one attached hydrogen (secondary N) is 4. The third-order valence-electron chi connectivity index (χ3n) is 13.6. The monoisotopic (exact) mass is 1130 g/mol. The molecule has 0 saturated heterocycles. The molecule has 0 aliphatic heterocycles. The molecule has 0 radical (unpaired) electrons. The molecular weight excluding hydrogens is 1050 g/mol. The van der Waals surface area contributed by atoms with Crippen molar-refractivity contribution >= 4 is 67.3 Å². The second kappa shape index (κ2) is 28.9. The van der Waals surface area contributed by atoms with E-state index in [2.05, 4.69) is 141 Å². The topological polar surface area (TPSA) is 249 Å². The summed E-state index contributed by atoms with van der Waals surface area (Å²) in [7, 11) is 8.44. The molecule has 84 heavy (non-hydrogen) atoms. The molecule has 0 unspecified atom stereocenters. The molecule has 0 aliphatic carbocycles. The largest absolute Gasteiger partial charge is 0.496 e. The molecule has 6 aromatic carbocycles. The SMILES string of the molecule is CNc1nc(NC)nc(NC)n1.COc1cc2nc(C)nc(CCCNc3nc(C)nc4cc(CO)c(OC)cc34)c2cc1CO.Cc1ccc(C)cc1.Cc1nc(Cc2cccc(Cc3nc(C)nc4ccccc34)c2)c2ccccc2n1. The number of methoxy groups -OCH3 is 2. The zero-order chi connectivity index (χ0) is 59.7. The number of hydrogen-bond acceptors (Lipinski definition) is 19. The molecule has 0 atom stereocenters. The van der Waals surface area contributed by atoms with Crippen LogP contribution in [0.3, 0.4) is 0 Å². The molecule has 0 saturated carbocycles. The molecule has 11 rings (SSSR count). The summed E-state index contributed by atoms with van der Waals surface area (Å²) in [6, 6.07) is 41.1. The van der Waals surface area contributed by atoms with Gasteiger partial charge in [-0.1, -0.05) is 96.1 Å². The Balaban J connectivity index is 0.000000166. The molecule has 0 bridgehead atoms. The number of aryl methyl sites for hydroxylation is 7. The van der Waals surface area contributed by atoms with Crippen molar-refractivity contribution in [1.82, 2.24) is 54.8 Å². The maximum Gasteiger partial charge on any atom is 0.229 e. The second-order valence-electron chi connectivity index (χ2n) is 19.9. The molecule has 5 heterocycles. The van der Waals surface area contributed by atoms with Crippen molar-refractivity contribution in [1.29, 1.82) is 0 Å². The molecule has 0 aliphatic rings. The Morgan fingerprint density at radius 1 is 0.405 bits per heavy atom. The zero-order valence-corrected chi connectivity index (χ0v) is 49.6. The number of anilines is 4. The van der Waals surface area contributed by atoms with Crippen LogP contribution in [-0.2, 0) is 32.5 Å². The molecule has 0 amide bonds. The summed E-state index contributed by atoms with van der Waals surface area (Å²) >= 11 is 0. The fraction of sp³-hybridized carbons (Fsp3) is 0.277. The number of aliphatic hydroxyl groups excluding tert-OH is 2. The van der Waals surface area contributed by atoms with Crippen LogP contribution in [0.4, 0.5) is 23.7 Å². The van der Waals surface area contributed by atoms with Crippen LogP contribution in [0.5, 0.6) is 11.5 Å². The van der Waals surface area contributed by atoms with Gasteiger partial charge >= 0.3 is 0 Å². The lowest BCUT2D eigenvalue weighted by Gasteiger charge is -2.14. The Labute approximate surface area is 490 Å². The Kier molecular flexibility index (Phi) is 20.8. The van der Waals surface area contributed by atoms with Gasteiger partial charge in [-0.2, -0.15) is 15.0 Å². The van der Waals surface area contributed by atoms with E-state index in [-0.39, 0.29) is 13.2 Å². The number of hydrogen-bond donors (Lipinski definition) is 6. The molecule has 5 aromatic heterocycles. The van der Waals surface area contributed by atoms with Crippen LogP contribution in [0, 0.1) is 41.5 Å². The van der Waals surface area contributed by atoms with Gasteiger partial charge in [0.1, 0.15) is 40.6 Å². The van der Waals surface area contributed by atoms with Gasteiger partial charge in [-0.25, -0.2) is 39.9 Å². The van der Waals surface area contributed by atoms with Crippen molar-refractivity contribution in [2.24, 2.45) is 0 Å². The van der Waals surface area contributed by atoms with E-state index < -0.39 is 0 Å². The molecule has 11 aromatic rings. The predicted octanol–water partition coefficient (Wildman–Crippen LogP) is 10.9. The summed E-state index contributed by atoms with van der Waals surface area (Å²) in [4.78, 5) is 49.0. The van der Waals surface area contributed by atoms with Gasteiger partial charge in [-0.15, -0.1) is 0 Å². The van der Waals surface area contributed by atoms with Gasteiger partial charge < -0.3 is 41.0 Å². The van der Waals surface area contributed by atoms with E-state index in [9.17, 15) is 10.2 Å². The standard InChI is InChI=1S/C26H22N4.C25H29N5O4.C8H10.C6H12N6/c1-17-27-23-12-5-3-10-21(23)25(29-17)15-19-8-7-9-20(14-19)16-26-22-11-4-6-13-24(22)28-18(2)30-26;1-14-27-20(18-8-16(12-31)24(34-4)11-22(18)28-14)6-5-7-26-25-19-10-23(33-3)17(13-32)9-21(19)29-15(2)30-25;1-7-3-5-8(2)6-4-7;1-7-4-10-5(8-2)12-6(9-3)11-4/h3-14H,15-16H2,1-2H3;8-11,31-32H,5-7,12-13H2,1-4H3,(H,26,29,30);3-6H,1-2H3;1-3H3,(H3,7,8,9,10,11,12). The van der Waals surface area contributed by atoms with E-state index in [1.165, 1.54) is 22.3 Å². The number of fused-ring (bicyclic) bond motifs is 4. The molecule has 6 N–H and O–H groups in total. The molecule has 0 spiro atoms. The molecule has 19 nitrogen and oxygen atoms in total. The molecule has 19 heteroatoms. The van der Waals surface area contributed by atoms with Crippen molar-refractivity contribution < 1.29 is 19.7 Å². The zero-order valence-electron chi connectivity index (χ0n) is 49.6. The van der Waals surface area contributed by atoms with Crippen molar-refractivity contribution in [3.63, 3.8) is 0 Å². The minimum absolute atomic E-state index is 0.115. The van der Waals surface area contributed by atoms with Crippen LogP contribution in [-0.4, -0.2) is 107 Å². The number of aromatic nitrogens is 11. The fourth-order valence-corrected chi connectivity index (χ4v) is 9.52. The summed E-state index contributed by atoms with van der Waals surface area (Å²) in [5.74, 6) is 6.52. The number of para-hydroxylation sites is 2. The molecule has 432 valence electrons. The van der Waals surface area contributed by atoms with Crippen LogP contribution < -0.4 is 30.7 Å². The number of rotatable bonds is 16. The first kappa shape index (κ1) is 60.5. The first-order chi connectivity index (χ1) is 40.7. The summed E-state index contributed by atoms with van der Waals surface area (Å²) in [5.41, 5.74) is 13.2. The normalized spacial score (nSPS) is 10.8. The highest BCUT2D eigenvalue weighted by atomic mass is 16.5. The lowest BCUT2D eigenvalue weighted by Crippen LogP contribution is -2.08. The third-order valence-corrected chi connectivity index (χ3v) is 13.6. The molecule has 0 fully saturated rings. The first-order valence-electron chi connectivity index (χ1n) is 27.7. The van der Waals surface area contributed by atoms with Crippen LogP contribution in [0.25, 0.3) is 43.6 Å². The highest BCUT2D eigenvalue weighted by molar-refractivity contribution is 5.91. The Morgan fingerprint density at radius 2 is 0.845 bits per heavy atom. The van der Waals surface area contributed by atoms with Crippen molar-refractivity contribution in [3.8, 4) is 11.5 Å². The van der Waals surface area contributed by atoms with E-state index >= 15 is 0 Å². The first-order valence-corrected chi connectivity index (χ1v) is 27.7. The van der Waals surface area contributed by atoms with Crippen molar-refractivity contribution in [3.05, 3.63) is 195 Å². The summed E-state index contributed by atoms with van der Waals surface area (Å²) < 4.78 is 10.8. The van der Waals surface area contributed by atoms with Crippen molar-refractivity contribution in [2.75, 3.05) is 63.2 Å². The van der Waals surface area contributed by atoms with Crippen molar-refractivity contribution in [2.45, 2.75) is 80.4 Å². The fourth-order valence-electron chi connectivity index (χ4n) is 9.52. The highest BCUT2D eigenvalue weighted by Crippen LogP contribution is 2.31. The smallest absolute Gasteiger partial charge is 0.229 e. The van der Waals surface area contributed by atoms with Crippen LogP contribution in [0.1, 0.15) is 80.2 Å². The Hall–Kier alpha value is -9.59. The summed E-state index contributed by atoms with van der Waals surface area (Å²) in [6.45, 7) is 12.2. The number of ether oxygens (including phenoxy) is 2. The summed E-state index contributed by atoms with van der Waals surface area (Å²) in [5, 5.41) is 35.2. The van der Waals surface area contributed by atoms with Crippen LogP contribution in [0.15, 0.2) is 121 Å². The van der Waals surface area contributed by atoms with Crippen LogP contribution >= 0.6 is 0 Å². The maximum atomic E-state index is 9.71. The average molecular weight is 1130 g/mol. The van der Waals surface area contributed by atoms with Gasteiger partial charge in [-0.3, -0.25) is 0 Å². The van der Waals surface area contributed by atoms with Gasteiger partial charge in [0.2, 0.25) is 17.8 Å². The number of aliphatic hydroxyl groups is 2.